The third-order valence-corrected chi connectivity index (χ3v) is 7.65. The van der Waals surface area contributed by atoms with Gasteiger partial charge in [-0.05, 0) is 58.3 Å². The van der Waals surface area contributed by atoms with Gasteiger partial charge in [0.1, 0.15) is 12.4 Å². The number of allylic oxidation sites excluding steroid dienone is 1. The van der Waals surface area contributed by atoms with Crippen LogP contribution in [0.15, 0.2) is 77.7 Å². The first-order chi connectivity index (χ1) is 15.9. The van der Waals surface area contributed by atoms with Gasteiger partial charge in [0.15, 0.2) is 0 Å². The predicted molar refractivity (Wildman–Crippen MR) is 131 cm³/mol. The van der Waals surface area contributed by atoms with Crippen LogP contribution >= 0.6 is 11.6 Å². The molecule has 0 N–H and O–H groups in total. The van der Waals surface area contributed by atoms with Crippen molar-refractivity contribution in [3.05, 3.63) is 78.4 Å². The second kappa shape index (κ2) is 10.5. The molecule has 1 fully saturated rings. The molecule has 0 unspecified atom stereocenters. The Balaban J connectivity index is 1.30. The minimum Gasteiger partial charge on any atom is -0.492 e. The summed E-state index contributed by atoms with van der Waals surface area (Å²) >= 11 is 5.32. The molecule has 1 heterocycles. The van der Waals surface area contributed by atoms with Gasteiger partial charge in [0.2, 0.25) is 15.3 Å². The van der Waals surface area contributed by atoms with E-state index in [1.807, 2.05) is 30.3 Å². The van der Waals surface area contributed by atoms with E-state index in [9.17, 15) is 13.2 Å². The summed E-state index contributed by atoms with van der Waals surface area (Å²) < 4.78 is 33.5. The average Bonchev–Trinajstić information content (AvgIpc) is 2.83. The molecule has 1 aliphatic heterocycles. The van der Waals surface area contributed by atoms with E-state index in [4.69, 9.17) is 16.3 Å². The number of carbonyl (C=O) groups is 1. The van der Waals surface area contributed by atoms with Gasteiger partial charge in [-0.2, -0.15) is 4.31 Å². The van der Waals surface area contributed by atoms with E-state index in [2.05, 4.69) is 17.0 Å². The first-order valence-corrected chi connectivity index (χ1v) is 12.6. The van der Waals surface area contributed by atoms with Gasteiger partial charge in [-0.15, -0.1) is 0 Å². The molecule has 0 atom stereocenters. The molecule has 0 spiro atoms. The van der Waals surface area contributed by atoms with Gasteiger partial charge in [-0.25, -0.2) is 8.42 Å². The number of nitrogens with zero attached hydrogens (tertiary/aromatic N) is 2. The Labute approximate surface area is 199 Å². The van der Waals surface area contributed by atoms with Crippen LogP contribution in [0.25, 0.3) is 16.8 Å². The molecule has 0 saturated carbocycles. The maximum Gasteiger partial charge on any atom is 0.245 e. The smallest absolute Gasteiger partial charge is 0.245 e. The summed E-state index contributed by atoms with van der Waals surface area (Å²) in [5, 5.41) is 1.71. The van der Waals surface area contributed by atoms with Crippen molar-refractivity contribution in [2.45, 2.75) is 4.90 Å². The summed E-state index contributed by atoms with van der Waals surface area (Å²) in [5.41, 5.74) is 0.606. The van der Waals surface area contributed by atoms with Gasteiger partial charge < -0.3 is 4.74 Å². The maximum absolute atomic E-state index is 13.1. The fraction of sp³-hybridized carbons (Fsp3) is 0.240. The highest BCUT2D eigenvalue weighted by Gasteiger charge is 2.28. The Kier molecular flexibility index (Phi) is 7.45. The quantitative estimate of drug-likeness (QED) is 0.357. The van der Waals surface area contributed by atoms with Crippen LogP contribution in [-0.2, 0) is 14.8 Å². The van der Waals surface area contributed by atoms with Gasteiger partial charge in [-0.3, -0.25) is 9.69 Å². The topological polar surface area (TPSA) is 66.9 Å². The van der Waals surface area contributed by atoms with E-state index in [1.54, 1.807) is 24.3 Å². The number of fused-ring (bicyclic) bond motifs is 1. The Hall–Kier alpha value is -2.71. The van der Waals surface area contributed by atoms with Gasteiger partial charge >= 0.3 is 0 Å². The number of hydrogen-bond acceptors (Lipinski definition) is 5. The van der Waals surface area contributed by atoms with Crippen LogP contribution in [0.2, 0.25) is 0 Å². The Morgan fingerprint density at radius 1 is 0.939 bits per heavy atom. The fourth-order valence-electron chi connectivity index (χ4n) is 3.83. The zero-order valence-corrected chi connectivity index (χ0v) is 19.6. The number of carbonyl (C=O) groups excluding carboxylic acids is 1. The Morgan fingerprint density at radius 2 is 1.70 bits per heavy atom. The van der Waals surface area contributed by atoms with Gasteiger partial charge in [0.05, 0.1) is 4.90 Å². The predicted octanol–water partition coefficient (Wildman–Crippen LogP) is 4.00. The van der Waals surface area contributed by atoms with E-state index in [0.717, 1.165) is 17.7 Å². The van der Waals surface area contributed by atoms with Crippen molar-refractivity contribution in [3.63, 3.8) is 0 Å². The first kappa shape index (κ1) is 23.4. The second-order valence-corrected chi connectivity index (χ2v) is 10.1. The average molecular weight is 485 g/mol. The van der Waals surface area contributed by atoms with E-state index in [0.29, 0.717) is 38.3 Å². The molecule has 33 heavy (non-hydrogen) atoms. The van der Waals surface area contributed by atoms with Gasteiger partial charge in [0, 0.05) is 32.7 Å². The van der Waals surface area contributed by atoms with Gasteiger partial charge in [0.25, 0.3) is 0 Å². The molecule has 0 amide bonds. The normalized spacial score (nSPS) is 15.8. The minimum atomic E-state index is -3.61. The number of benzene rings is 3. The molecule has 1 saturated heterocycles. The Bertz CT molecular complexity index is 1270. The van der Waals surface area contributed by atoms with Crippen molar-refractivity contribution in [2.75, 3.05) is 39.3 Å². The third-order valence-electron chi connectivity index (χ3n) is 5.63. The highest BCUT2D eigenvalue weighted by molar-refractivity contribution is 7.89. The van der Waals surface area contributed by atoms with Crippen molar-refractivity contribution in [3.8, 4) is 5.75 Å². The van der Waals surface area contributed by atoms with Crippen LogP contribution < -0.4 is 4.74 Å². The van der Waals surface area contributed by atoms with Crippen molar-refractivity contribution in [1.29, 1.82) is 0 Å². The molecule has 6 nitrogen and oxygen atoms in total. The molecule has 0 aliphatic carbocycles. The highest BCUT2D eigenvalue weighted by Crippen LogP contribution is 2.21. The van der Waals surface area contributed by atoms with Crippen LogP contribution in [-0.4, -0.2) is 62.2 Å². The number of ether oxygens (including phenoxy) is 1. The lowest BCUT2D eigenvalue weighted by molar-refractivity contribution is -0.107. The summed E-state index contributed by atoms with van der Waals surface area (Å²) in [4.78, 5) is 13.3. The number of hydrogen-bond donors (Lipinski definition) is 0. The van der Waals surface area contributed by atoms with Crippen molar-refractivity contribution < 1.29 is 17.9 Å². The maximum atomic E-state index is 13.1. The lowest BCUT2D eigenvalue weighted by Gasteiger charge is -2.33. The second-order valence-electron chi connectivity index (χ2n) is 7.81. The number of rotatable bonds is 8. The van der Waals surface area contributed by atoms with Crippen LogP contribution in [0.4, 0.5) is 0 Å². The van der Waals surface area contributed by atoms with Gasteiger partial charge in [-0.1, -0.05) is 48.5 Å². The first-order valence-electron chi connectivity index (χ1n) is 10.7. The zero-order valence-electron chi connectivity index (χ0n) is 18.1. The molecule has 0 radical (unpaired) electrons. The number of piperazine rings is 1. The molecular formula is C25H25ClN2O4S. The van der Waals surface area contributed by atoms with Crippen molar-refractivity contribution >= 4 is 43.7 Å². The van der Waals surface area contributed by atoms with Crippen molar-refractivity contribution in [2.24, 2.45) is 0 Å². The largest absolute Gasteiger partial charge is 0.492 e. The summed E-state index contributed by atoms with van der Waals surface area (Å²) in [5.74, 6) is 0.833. The summed E-state index contributed by atoms with van der Waals surface area (Å²) in [6, 6.07) is 20.7. The monoisotopic (exact) mass is 484 g/mol. The third kappa shape index (κ3) is 6.00. The molecule has 8 heteroatoms. The molecule has 1 aliphatic rings. The van der Waals surface area contributed by atoms with Crippen LogP contribution in [0.1, 0.15) is 5.56 Å². The fourth-order valence-corrected chi connectivity index (χ4v) is 5.37. The summed E-state index contributed by atoms with van der Waals surface area (Å²) in [7, 11) is -3.61. The lowest BCUT2D eigenvalue weighted by Crippen LogP contribution is -2.49. The van der Waals surface area contributed by atoms with E-state index in [1.165, 1.54) is 21.8 Å². The van der Waals surface area contributed by atoms with E-state index >= 15 is 0 Å². The van der Waals surface area contributed by atoms with Crippen LogP contribution in [0.5, 0.6) is 5.75 Å². The van der Waals surface area contributed by atoms with E-state index in [-0.39, 0.29) is 4.90 Å². The Morgan fingerprint density at radius 3 is 2.45 bits per heavy atom. The standard InChI is InChI=1S/C25H25ClN2O4S/c26-25(29)11-8-20-4-3-7-24(18-20)33(30,31)28-14-12-27(13-15-28)16-17-32-23-10-9-21-5-1-2-6-22(21)19-23/h1-11,18-19H,12-17H2. The zero-order chi connectivity index (χ0) is 23.3. The molecular weight excluding hydrogens is 460 g/mol. The SMILES string of the molecule is O=C(Cl)C=Cc1cccc(S(=O)(=O)N2CCN(CCOc3ccc4ccccc4c3)CC2)c1. The molecule has 0 aromatic heterocycles. The summed E-state index contributed by atoms with van der Waals surface area (Å²) in [6.45, 7) is 3.38. The number of sulfonamides is 1. The molecule has 0 bridgehead atoms. The molecule has 172 valence electrons. The minimum absolute atomic E-state index is 0.208. The molecule has 3 aromatic carbocycles. The lowest BCUT2D eigenvalue weighted by atomic mass is 10.1. The van der Waals surface area contributed by atoms with E-state index < -0.39 is 15.3 Å². The van der Waals surface area contributed by atoms with Crippen molar-refractivity contribution in [1.82, 2.24) is 9.21 Å². The number of halogens is 1. The van der Waals surface area contributed by atoms with Crippen LogP contribution in [0, 0.1) is 0 Å². The molecule has 4 rings (SSSR count). The summed E-state index contributed by atoms with van der Waals surface area (Å²) in [6.07, 6.45) is 2.70. The highest BCUT2D eigenvalue weighted by atomic mass is 35.5. The molecule has 3 aromatic rings. The van der Waals surface area contributed by atoms with Crippen LogP contribution in [0.3, 0.4) is 0 Å².